The predicted octanol–water partition coefficient (Wildman–Crippen LogP) is 3.40. The first-order chi connectivity index (χ1) is 8.92. The Morgan fingerprint density at radius 1 is 1.21 bits per heavy atom. The topological polar surface area (TPSA) is 59.2 Å². The molecule has 0 bridgehead atoms. The number of aromatic nitrogens is 2. The molecule has 0 aliphatic rings. The van der Waals surface area contributed by atoms with Crippen LogP contribution in [0, 0.1) is 0 Å². The SMILES string of the molecule is CC(C)(C)SCc1noc(Cc2ccc(O)cc2)n1. The lowest BCUT2D eigenvalue weighted by molar-refractivity contribution is 0.381. The van der Waals surface area contributed by atoms with E-state index in [0.29, 0.717) is 12.3 Å². The summed E-state index contributed by atoms with van der Waals surface area (Å²) in [4.78, 5) is 4.37. The zero-order valence-corrected chi connectivity index (χ0v) is 12.2. The van der Waals surface area contributed by atoms with Crippen LogP contribution in [0.25, 0.3) is 0 Å². The van der Waals surface area contributed by atoms with Gasteiger partial charge in [0, 0.05) is 4.75 Å². The maximum Gasteiger partial charge on any atom is 0.231 e. The van der Waals surface area contributed by atoms with Gasteiger partial charge in [0.15, 0.2) is 5.82 Å². The first kappa shape index (κ1) is 13.9. The van der Waals surface area contributed by atoms with Crippen molar-refractivity contribution in [1.29, 1.82) is 0 Å². The summed E-state index contributed by atoms with van der Waals surface area (Å²) in [5.74, 6) is 2.35. The molecular weight excluding hydrogens is 260 g/mol. The Morgan fingerprint density at radius 2 is 1.89 bits per heavy atom. The summed E-state index contributed by atoms with van der Waals surface area (Å²) in [5, 5.41) is 13.2. The van der Waals surface area contributed by atoms with E-state index < -0.39 is 0 Å². The van der Waals surface area contributed by atoms with Gasteiger partial charge in [-0.1, -0.05) is 38.1 Å². The van der Waals surface area contributed by atoms with Gasteiger partial charge in [-0.05, 0) is 17.7 Å². The van der Waals surface area contributed by atoms with Crippen LogP contribution in [0.5, 0.6) is 5.75 Å². The largest absolute Gasteiger partial charge is 0.508 e. The average molecular weight is 278 g/mol. The maximum absolute atomic E-state index is 9.22. The molecule has 5 heteroatoms. The molecule has 0 saturated carbocycles. The Labute approximate surface area is 117 Å². The summed E-state index contributed by atoms with van der Waals surface area (Å²) in [6.45, 7) is 6.49. The van der Waals surface area contributed by atoms with Crippen molar-refractivity contribution < 1.29 is 9.63 Å². The van der Waals surface area contributed by atoms with Crippen LogP contribution in [0.2, 0.25) is 0 Å². The molecule has 1 aromatic carbocycles. The van der Waals surface area contributed by atoms with Crippen LogP contribution in [0.4, 0.5) is 0 Å². The molecule has 0 radical (unpaired) electrons. The molecule has 1 aromatic heterocycles. The van der Waals surface area contributed by atoms with Crippen LogP contribution in [-0.2, 0) is 12.2 Å². The minimum atomic E-state index is 0.192. The van der Waals surface area contributed by atoms with Crippen molar-refractivity contribution in [2.75, 3.05) is 0 Å². The highest BCUT2D eigenvalue weighted by Gasteiger charge is 2.14. The quantitative estimate of drug-likeness (QED) is 0.928. The highest BCUT2D eigenvalue weighted by molar-refractivity contribution is 7.99. The number of benzene rings is 1. The van der Waals surface area contributed by atoms with E-state index in [1.807, 2.05) is 12.1 Å². The van der Waals surface area contributed by atoms with Crippen molar-refractivity contribution in [3.05, 3.63) is 41.5 Å². The van der Waals surface area contributed by atoms with Crippen LogP contribution in [0.3, 0.4) is 0 Å². The third-order valence-electron chi connectivity index (χ3n) is 2.44. The van der Waals surface area contributed by atoms with E-state index in [1.165, 1.54) is 0 Å². The monoisotopic (exact) mass is 278 g/mol. The number of phenols is 1. The van der Waals surface area contributed by atoms with Gasteiger partial charge in [-0.3, -0.25) is 0 Å². The van der Waals surface area contributed by atoms with Gasteiger partial charge in [0.25, 0.3) is 0 Å². The third kappa shape index (κ3) is 4.59. The Balaban J connectivity index is 1.95. The molecule has 0 unspecified atom stereocenters. The Kier molecular flexibility index (Phi) is 4.14. The summed E-state index contributed by atoms with van der Waals surface area (Å²) in [6, 6.07) is 7.01. The van der Waals surface area contributed by atoms with Gasteiger partial charge in [0.2, 0.25) is 5.89 Å². The molecule has 4 nitrogen and oxygen atoms in total. The Bertz CT molecular complexity index is 529. The second-order valence-electron chi connectivity index (χ2n) is 5.35. The fourth-order valence-corrected chi connectivity index (χ4v) is 2.17. The molecule has 0 aliphatic carbocycles. The lowest BCUT2D eigenvalue weighted by atomic mass is 10.1. The second kappa shape index (κ2) is 5.65. The molecule has 0 aliphatic heterocycles. The predicted molar refractivity (Wildman–Crippen MR) is 76.3 cm³/mol. The summed E-state index contributed by atoms with van der Waals surface area (Å²) in [5.41, 5.74) is 1.04. The Morgan fingerprint density at radius 3 is 2.53 bits per heavy atom. The van der Waals surface area contributed by atoms with Crippen molar-refractivity contribution in [3.63, 3.8) is 0 Å². The fraction of sp³-hybridized carbons (Fsp3) is 0.429. The molecule has 2 aromatic rings. The van der Waals surface area contributed by atoms with Crippen molar-refractivity contribution in [2.45, 2.75) is 37.7 Å². The van der Waals surface area contributed by atoms with Crippen molar-refractivity contribution >= 4 is 11.8 Å². The number of hydrogen-bond acceptors (Lipinski definition) is 5. The first-order valence-electron chi connectivity index (χ1n) is 6.16. The van der Waals surface area contributed by atoms with E-state index in [4.69, 9.17) is 4.52 Å². The first-order valence-corrected chi connectivity index (χ1v) is 7.14. The minimum absolute atomic E-state index is 0.192. The van der Waals surface area contributed by atoms with E-state index in [1.54, 1.807) is 23.9 Å². The summed E-state index contributed by atoms with van der Waals surface area (Å²) in [6.07, 6.45) is 0.591. The number of nitrogens with zero attached hydrogens (tertiary/aromatic N) is 2. The van der Waals surface area contributed by atoms with E-state index in [2.05, 4.69) is 30.9 Å². The standard InChI is InChI=1S/C14H18N2O2S/c1-14(2,3)19-9-12-15-13(18-16-12)8-10-4-6-11(17)7-5-10/h4-7,17H,8-9H2,1-3H3. The number of hydrogen-bond donors (Lipinski definition) is 1. The maximum atomic E-state index is 9.22. The molecule has 0 fully saturated rings. The summed E-state index contributed by atoms with van der Waals surface area (Å²) >= 11 is 1.79. The highest BCUT2D eigenvalue weighted by atomic mass is 32.2. The molecule has 19 heavy (non-hydrogen) atoms. The van der Waals surface area contributed by atoms with Crippen molar-refractivity contribution in [2.24, 2.45) is 0 Å². The van der Waals surface area contributed by atoms with E-state index in [-0.39, 0.29) is 10.5 Å². The van der Waals surface area contributed by atoms with E-state index >= 15 is 0 Å². The van der Waals surface area contributed by atoms with Crippen LogP contribution in [0.15, 0.2) is 28.8 Å². The third-order valence-corrected chi connectivity index (χ3v) is 3.70. The summed E-state index contributed by atoms with van der Waals surface area (Å²) in [7, 11) is 0. The van der Waals surface area contributed by atoms with Gasteiger partial charge in [-0.15, -0.1) is 11.8 Å². The van der Waals surface area contributed by atoms with Gasteiger partial charge >= 0.3 is 0 Å². The number of aromatic hydroxyl groups is 1. The molecular formula is C14H18N2O2S. The Hall–Kier alpha value is -1.49. The van der Waals surface area contributed by atoms with Gasteiger partial charge in [0.05, 0.1) is 12.2 Å². The van der Waals surface area contributed by atoms with Crippen LogP contribution in [0.1, 0.15) is 38.0 Å². The highest BCUT2D eigenvalue weighted by Crippen LogP contribution is 2.26. The number of phenolic OH excluding ortho intramolecular Hbond substituents is 1. The second-order valence-corrected chi connectivity index (χ2v) is 7.15. The molecule has 1 heterocycles. The normalized spacial score (nSPS) is 11.7. The molecule has 2 rings (SSSR count). The molecule has 0 atom stereocenters. The van der Waals surface area contributed by atoms with Crippen LogP contribution in [-0.4, -0.2) is 20.0 Å². The van der Waals surface area contributed by atoms with Crippen LogP contribution < -0.4 is 0 Å². The van der Waals surface area contributed by atoms with E-state index in [0.717, 1.165) is 17.1 Å². The molecule has 1 N–H and O–H groups in total. The van der Waals surface area contributed by atoms with Gasteiger partial charge in [0.1, 0.15) is 5.75 Å². The zero-order valence-electron chi connectivity index (χ0n) is 11.4. The summed E-state index contributed by atoms with van der Waals surface area (Å²) < 4.78 is 5.42. The van der Waals surface area contributed by atoms with Gasteiger partial charge < -0.3 is 9.63 Å². The number of thioether (sulfide) groups is 1. The van der Waals surface area contributed by atoms with Crippen molar-refractivity contribution in [3.8, 4) is 5.75 Å². The molecule has 0 saturated heterocycles. The lowest BCUT2D eigenvalue weighted by Gasteiger charge is -2.15. The minimum Gasteiger partial charge on any atom is -0.508 e. The number of rotatable bonds is 4. The van der Waals surface area contributed by atoms with E-state index in [9.17, 15) is 5.11 Å². The smallest absolute Gasteiger partial charge is 0.231 e. The molecule has 102 valence electrons. The van der Waals surface area contributed by atoms with Crippen molar-refractivity contribution in [1.82, 2.24) is 10.1 Å². The lowest BCUT2D eigenvalue weighted by Crippen LogP contribution is -2.07. The van der Waals surface area contributed by atoms with Crippen LogP contribution >= 0.6 is 11.8 Å². The zero-order chi connectivity index (χ0) is 13.9. The molecule has 0 spiro atoms. The fourth-order valence-electron chi connectivity index (χ4n) is 1.49. The molecule has 0 amide bonds. The van der Waals surface area contributed by atoms with Gasteiger partial charge in [-0.2, -0.15) is 4.98 Å². The van der Waals surface area contributed by atoms with Gasteiger partial charge in [-0.25, -0.2) is 0 Å². The average Bonchev–Trinajstić information content (AvgIpc) is 2.77.